The molecule has 1 atom stereocenters. The summed E-state index contributed by atoms with van der Waals surface area (Å²) in [7, 11) is -7.03. The molecule has 0 spiro atoms. The number of nitrogens with one attached hydrogen (secondary N) is 1. The number of halogens is 1. The maximum Gasteiger partial charge on any atom is 0.241 e. The minimum absolute atomic E-state index is 0.138. The van der Waals surface area contributed by atoms with Crippen LogP contribution in [0, 0.1) is 6.92 Å². The Balaban J connectivity index is 2.29. The van der Waals surface area contributed by atoms with Gasteiger partial charge in [-0.3, -0.25) is 0 Å². The van der Waals surface area contributed by atoms with Gasteiger partial charge in [-0.25, -0.2) is 21.6 Å². The lowest BCUT2D eigenvalue weighted by Crippen LogP contribution is -2.35. The number of rotatable bonds is 3. The van der Waals surface area contributed by atoms with Crippen LogP contribution in [-0.4, -0.2) is 28.6 Å². The second-order valence-corrected chi connectivity index (χ2v) is 8.82. The molecule has 1 N–H and O–H groups in total. The predicted molar refractivity (Wildman–Crippen MR) is 75.9 cm³/mol. The number of hydrogen-bond donors (Lipinski definition) is 1. The lowest BCUT2D eigenvalue weighted by atomic mass is 10.2. The fourth-order valence-electron chi connectivity index (χ4n) is 1.78. The molecule has 0 saturated heterocycles. The third-order valence-corrected chi connectivity index (χ3v) is 6.20. The zero-order chi connectivity index (χ0) is 14.3. The largest absolute Gasteiger partial charge is 0.241 e. The molecule has 1 aliphatic heterocycles. The van der Waals surface area contributed by atoms with Crippen molar-refractivity contribution in [3.05, 3.63) is 39.7 Å². The Morgan fingerprint density at radius 3 is 2.63 bits per heavy atom. The smallest absolute Gasteiger partial charge is 0.224 e. The Kier molecular flexibility index (Phi) is 3.87. The van der Waals surface area contributed by atoms with Crippen LogP contribution < -0.4 is 4.72 Å². The van der Waals surface area contributed by atoms with E-state index in [9.17, 15) is 16.8 Å². The van der Waals surface area contributed by atoms with Gasteiger partial charge in [0.05, 0.1) is 16.7 Å². The lowest BCUT2D eigenvalue weighted by Gasteiger charge is -2.13. The number of sulfone groups is 1. The standard InChI is InChI=1S/C11H12BrNO4S2/c1-8-2-3-9(12)6-11(8)19(16,17)13-10-4-5-18(14,15)7-10/h2-6,10,13H,7H2,1H3. The van der Waals surface area contributed by atoms with E-state index in [1.165, 1.54) is 12.1 Å². The Hall–Kier alpha value is -0.700. The summed E-state index contributed by atoms with van der Waals surface area (Å²) in [4.78, 5) is 0.138. The van der Waals surface area contributed by atoms with Crippen LogP contribution in [0.1, 0.15) is 5.56 Å². The normalized spacial score (nSPS) is 21.7. The average molecular weight is 366 g/mol. The van der Waals surface area contributed by atoms with Crippen molar-refractivity contribution in [2.24, 2.45) is 0 Å². The molecule has 5 nitrogen and oxygen atoms in total. The number of benzene rings is 1. The molecule has 104 valence electrons. The van der Waals surface area contributed by atoms with Crippen molar-refractivity contribution in [3.63, 3.8) is 0 Å². The topological polar surface area (TPSA) is 80.3 Å². The molecule has 0 saturated carbocycles. The number of aryl methyl sites for hydroxylation is 1. The van der Waals surface area contributed by atoms with Gasteiger partial charge in [0.2, 0.25) is 10.0 Å². The molecule has 0 aliphatic carbocycles. The minimum Gasteiger partial charge on any atom is -0.224 e. The van der Waals surface area contributed by atoms with Gasteiger partial charge in [0, 0.05) is 9.88 Å². The van der Waals surface area contributed by atoms with Crippen LogP contribution in [0.5, 0.6) is 0 Å². The van der Waals surface area contributed by atoms with Crippen molar-refractivity contribution >= 4 is 35.8 Å². The van der Waals surface area contributed by atoms with Crippen molar-refractivity contribution in [2.75, 3.05) is 5.75 Å². The number of hydrogen-bond acceptors (Lipinski definition) is 4. The molecule has 2 rings (SSSR count). The Labute approximate surface area is 120 Å². The van der Waals surface area contributed by atoms with Gasteiger partial charge >= 0.3 is 0 Å². The molecule has 1 aromatic rings. The third kappa shape index (κ3) is 3.44. The van der Waals surface area contributed by atoms with Gasteiger partial charge < -0.3 is 0 Å². The molecule has 0 aromatic heterocycles. The van der Waals surface area contributed by atoms with Crippen molar-refractivity contribution in [2.45, 2.75) is 17.9 Å². The average Bonchev–Trinajstić information content (AvgIpc) is 2.60. The molecular formula is C11H12BrNO4S2. The lowest BCUT2D eigenvalue weighted by molar-refractivity contribution is 0.574. The van der Waals surface area contributed by atoms with E-state index in [1.54, 1.807) is 19.1 Å². The third-order valence-electron chi connectivity index (χ3n) is 2.68. The summed E-state index contributed by atoms with van der Waals surface area (Å²) in [5.41, 5.74) is 0.598. The first kappa shape index (κ1) is 14.7. The van der Waals surface area contributed by atoms with E-state index in [-0.39, 0.29) is 10.6 Å². The second kappa shape index (κ2) is 5.01. The molecule has 1 aliphatic rings. The van der Waals surface area contributed by atoms with E-state index < -0.39 is 25.9 Å². The number of sulfonamides is 1. The van der Waals surface area contributed by atoms with Crippen LogP contribution in [0.2, 0.25) is 0 Å². The summed E-state index contributed by atoms with van der Waals surface area (Å²) in [5.74, 6) is -0.237. The fourth-order valence-corrected chi connectivity index (χ4v) is 5.09. The summed E-state index contributed by atoms with van der Waals surface area (Å²) in [6.45, 7) is 1.68. The van der Waals surface area contributed by atoms with Gasteiger partial charge in [-0.05, 0) is 24.6 Å². The van der Waals surface area contributed by atoms with Gasteiger partial charge in [-0.2, -0.15) is 0 Å². The molecule has 1 unspecified atom stereocenters. The van der Waals surface area contributed by atoms with E-state index >= 15 is 0 Å². The highest BCUT2D eigenvalue weighted by Gasteiger charge is 2.27. The Bertz CT molecular complexity index is 738. The maximum atomic E-state index is 12.2. The maximum absolute atomic E-state index is 12.2. The van der Waals surface area contributed by atoms with Gasteiger partial charge in [-0.15, -0.1) is 0 Å². The van der Waals surface area contributed by atoms with Crippen LogP contribution in [0.3, 0.4) is 0 Å². The van der Waals surface area contributed by atoms with E-state index in [4.69, 9.17) is 0 Å². The van der Waals surface area contributed by atoms with Crippen LogP contribution in [0.15, 0.2) is 39.1 Å². The van der Waals surface area contributed by atoms with E-state index in [0.717, 1.165) is 5.41 Å². The summed E-state index contributed by atoms with van der Waals surface area (Å²) < 4.78 is 50.0. The van der Waals surface area contributed by atoms with Crippen molar-refractivity contribution in [1.29, 1.82) is 0 Å². The Morgan fingerprint density at radius 2 is 2.05 bits per heavy atom. The van der Waals surface area contributed by atoms with E-state index in [0.29, 0.717) is 10.0 Å². The van der Waals surface area contributed by atoms with Crippen molar-refractivity contribution in [1.82, 2.24) is 4.72 Å². The SMILES string of the molecule is Cc1ccc(Br)cc1S(=O)(=O)NC1C=CS(=O)(=O)C1. The monoisotopic (exact) mass is 365 g/mol. The van der Waals surface area contributed by atoms with Gasteiger partial charge in [0.1, 0.15) is 0 Å². The molecule has 19 heavy (non-hydrogen) atoms. The first-order valence-electron chi connectivity index (χ1n) is 5.39. The minimum atomic E-state index is -3.74. The van der Waals surface area contributed by atoms with Crippen molar-refractivity contribution < 1.29 is 16.8 Å². The summed E-state index contributed by atoms with van der Waals surface area (Å²) in [6, 6.07) is 4.20. The van der Waals surface area contributed by atoms with E-state index in [1.807, 2.05) is 0 Å². The highest BCUT2D eigenvalue weighted by Crippen LogP contribution is 2.21. The predicted octanol–water partition coefficient (Wildman–Crippen LogP) is 1.35. The van der Waals surface area contributed by atoms with Gasteiger partial charge in [-0.1, -0.05) is 28.1 Å². The highest BCUT2D eigenvalue weighted by molar-refractivity contribution is 9.10. The molecule has 0 amide bonds. The summed E-state index contributed by atoms with van der Waals surface area (Å²) in [5, 5.41) is 1.04. The zero-order valence-corrected chi connectivity index (χ0v) is 13.2. The molecule has 1 heterocycles. The van der Waals surface area contributed by atoms with Crippen LogP contribution in [0.25, 0.3) is 0 Å². The molecular weight excluding hydrogens is 354 g/mol. The zero-order valence-electron chi connectivity index (χ0n) is 10.00. The Morgan fingerprint density at radius 1 is 1.37 bits per heavy atom. The molecule has 0 fully saturated rings. The first-order valence-corrected chi connectivity index (χ1v) is 9.38. The highest BCUT2D eigenvalue weighted by atomic mass is 79.9. The molecule has 8 heteroatoms. The first-order chi connectivity index (χ1) is 8.70. The quantitative estimate of drug-likeness (QED) is 0.876. The fraction of sp³-hybridized carbons (Fsp3) is 0.273. The van der Waals surface area contributed by atoms with Crippen LogP contribution in [0.4, 0.5) is 0 Å². The molecule has 0 bridgehead atoms. The summed E-state index contributed by atoms with van der Waals surface area (Å²) in [6.07, 6.45) is 1.35. The van der Waals surface area contributed by atoms with E-state index in [2.05, 4.69) is 20.7 Å². The second-order valence-electron chi connectivity index (χ2n) is 4.30. The summed E-state index contributed by atoms with van der Waals surface area (Å²) >= 11 is 3.22. The molecule has 0 radical (unpaired) electrons. The molecule has 1 aromatic carbocycles. The van der Waals surface area contributed by atoms with Crippen molar-refractivity contribution in [3.8, 4) is 0 Å². The van der Waals surface area contributed by atoms with Crippen LogP contribution in [-0.2, 0) is 19.9 Å². The van der Waals surface area contributed by atoms with Gasteiger partial charge in [0.25, 0.3) is 0 Å². The van der Waals surface area contributed by atoms with Crippen LogP contribution >= 0.6 is 15.9 Å². The van der Waals surface area contributed by atoms with Gasteiger partial charge in [0.15, 0.2) is 9.84 Å².